The van der Waals surface area contributed by atoms with Crippen LogP contribution in [0.5, 0.6) is 11.8 Å². The number of amides is 1. The summed E-state index contributed by atoms with van der Waals surface area (Å²) in [6, 6.07) is 14.0. The highest BCUT2D eigenvalue weighted by Crippen LogP contribution is 2.26. The molecule has 2 aromatic carbocycles. The largest absolute Gasteiger partial charge is 0.424 e. The van der Waals surface area contributed by atoms with Gasteiger partial charge in [-0.25, -0.2) is 15.0 Å². The zero-order chi connectivity index (χ0) is 26.1. The normalized spacial score (nSPS) is 12.9. The predicted molar refractivity (Wildman–Crippen MR) is 144 cm³/mol. The predicted octanol–water partition coefficient (Wildman–Crippen LogP) is 4.78. The van der Waals surface area contributed by atoms with Crippen molar-refractivity contribution in [3.05, 3.63) is 77.2 Å². The second kappa shape index (κ2) is 10.0. The number of H-pyrrole nitrogens is 1. The number of halogens is 1. The van der Waals surface area contributed by atoms with Gasteiger partial charge in [0.05, 0.1) is 34.6 Å². The summed E-state index contributed by atoms with van der Waals surface area (Å²) in [5.41, 5.74) is 4.15. The van der Waals surface area contributed by atoms with Crippen molar-refractivity contribution in [3.8, 4) is 11.8 Å². The number of ether oxygens (including phenoxy) is 1. The van der Waals surface area contributed by atoms with Crippen molar-refractivity contribution in [2.75, 3.05) is 10.6 Å². The molecule has 1 aliphatic rings. The van der Waals surface area contributed by atoms with Gasteiger partial charge in [-0.3, -0.25) is 9.89 Å². The number of nitrogens with one attached hydrogen (secondary N) is 4. The maximum Gasteiger partial charge on any atom is 0.321 e. The van der Waals surface area contributed by atoms with Gasteiger partial charge in [0.25, 0.3) is 5.91 Å². The lowest BCUT2D eigenvalue weighted by Gasteiger charge is -2.09. The Morgan fingerprint density at radius 3 is 2.68 bits per heavy atom. The SMILES string of the molecule is Cn1c(NCc2ccc(Oc3ncc(Cl)cn3)cc2)nc2ccc(Nc3[nH]ncc3C(=O)NC3CC3)cc21. The van der Waals surface area contributed by atoms with Gasteiger partial charge in [-0.05, 0) is 48.7 Å². The molecular formula is C26H24ClN9O2. The van der Waals surface area contributed by atoms with Gasteiger partial charge < -0.3 is 25.3 Å². The van der Waals surface area contributed by atoms with Gasteiger partial charge in [-0.2, -0.15) is 5.10 Å². The topological polar surface area (TPSA) is 135 Å². The lowest BCUT2D eigenvalue weighted by molar-refractivity contribution is 0.0952. The van der Waals surface area contributed by atoms with E-state index in [0.717, 1.165) is 41.1 Å². The van der Waals surface area contributed by atoms with E-state index in [1.54, 1.807) is 0 Å². The number of carbonyl (C=O) groups excluding carboxylic acids is 1. The molecule has 0 unspecified atom stereocenters. The summed E-state index contributed by atoms with van der Waals surface area (Å²) >= 11 is 5.81. The zero-order valence-electron chi connectivity index (χ0n) is 20.4. The van der Waals surface area contributed by atoms with Crippen molar-refractivity contribution in [2.45, 2.75) is 25.4 Å². The zero-order valence-corrected chi connectivity index (χ0v) is 21.2. The first-order valence-corrected chi connectivity index (χ1v) is 12.5. The number of anilines is 3. The van der Waals surface area contributed by atoms with Crippen LogP contribution in [0, 0.1) is 0 Å². The molecule has 1 amide bonds. The van der Waals surface area contributed by atoms with E-state index in [0.29, 0.717) is 28.7 Å². The number of carbonyl (C=O) groups is 1. The summed E-state index contributed by atoms with van der Waals surface area (Å²) in [7, 11) is 1.95. The minimum atomic E-state index is -0.130. The number of benzene rings is 2. The molecule has 3 aromatic heterocycles. The maximum atomic E-state index is 12.5. The first-order chi connectivity index (χ1) is 18.5. The number of fused-ring (bicyclic) bond motifs is 1. The Kier molecular flexibility index (Phi) is 6.26. The van der Waals surface area contributed by atoms with E-state index in [-0.39, 0.29) is 18.0 Å². The first kappa shape index (κ1) is 23.7. The molecule has 3 heterocycles. The fourth-order valence-electron chi connectivity index (χ4n) is 3.93. The van der Waals surface area contributed by atoms with Gasteiger partial charge in [0, 0.05) is 25.3 Å². The fraction of sp³-hybridized carbons (Fsp3) is 0.192. The van der Waals surface area contributed by atoms with Crippen LogP contribution >= 0.6 is 11.6 Å². The molecule has 0 aliphatic heterocycles. The third kappa shape index (κ3) is 5.23. The van der Waals surface area contributed by atoms with E-state index < -0.39 is 0 Å². The van der Waals surface area contributed by atoms with Crippen LogP contribution in [0.25, 0.3) is 11.0 Å². The standard InChI is InChI=1S/C26H24ClN9O2/c1-36-22-10-18(32-23-20(14-31-35-23)24(37)33-17-4-5-17)6-9-21(22)34-25(36)28-11-15-2-7-19(8-3-15)38-26-29-12-16(27)13-30-26/h2-3,6-10,12-14,17H,4-5,11H2,1H3,(H,28,34)(H,33,37)(H2,31,32,35). The third-order valence-electron chi connectivity index (χ3n) is 6.13. The summed E-state index contributed by atoms with van der Waals surface area (Å²) in [5.74, 6) is 1.79. The molecule has 1 saturated carbocycles. The highest BCUT2D eigenvalue weighted by Gasteiger charge is 2.25. The average molecular weight is 530 g/mol. The molecule has 4 N–H and O–H groups in total. The molecule has 0 spiro atoms. The van der Waals surface area contributed by atoms with E-state index in [4.69, 9.17) is 21.3 Å². The van der Waals surface area contributed by atoms with Crippen molar-refractivity contribution in [1.82, 2.24) is 35.0 Å². The Morgan fingerprint density at radius 2 is 1.92 bits per heavy atom. The van der Waals surface area contributed by atoms with E-state index in [2.05, 4.69) is 36.1 Å². The van der Waals surface area contributed by atoms with Gasteiger partial charge in [0.15, 0.2) is 0 Å². The molecule has 0 bridgehead atoms. The number of hydrogen-bond acceptors (Lipinski definition) is 8. The van der Waals surface area contributed by atoms with Crippen LogP contribution in [-0.2, 0) is 13.6 Å². The number of nitrogens with zero attached hydrogens (tertiary/aromatic N) is 5. The van der Waals surface area contributed by atoms with E-state index in [1.165, 1.54) is 18.6 Å². The maximum absolute atomic E-state index is 12.5. The Labute approximate surface area is 222 Å². The van der Waals surface area contributed by atoms with E-state index >= 15 is 0 Å². The van der Waals surface area contributed by atoms with Crippen LogP contribution in [0.15, 0.2) is 61.1 Å². The van der Waals surface area contributed by atoms with Crippen LogP contribution in [0.1, 0.15) is 28.8 Å². The Balaban J connectivity index is 1.11. The second-order valence-corrected chi connectivity index (χ2v) is 9.45. The van der Waals surface area contributed by atoms with Crippen LogP contribution in [0.4, 0.5) is 17.5 Å². The number of imidazole rings is 1. The quantitative estimate of drug-likeness (QED) is 0.214. The number of aromatic amines is 1. The van der Waals surface area contributed by atoms with Crippen LogP contribution in [0.2, 0.25) is 5.02 Å². The molecule has 192 valence electrons. The van der Waals surface area contributed by atoms with Gasteiger partial charge in [0.2, 0.25) is 5.95 Å². The van der Waals surface area contributed by atoms with Crippen molar-refractivity contribution in [1.29, 1.82) is 0 Å². The minimum absolute atomic E-state index is 0.130. The van der Waals surface area contributed by atoms with Crippen molar-refractivity contribution in [2.24, 2.45) is 7.05 Å². The fourth-order valence-corrected chi connectivity index (χ4v) is 4.03. The lowest BCUT2D eigenvalue weighted by atomic mass is 10.2. The average Bonchev–Trinajstić information content (AvgIpc) is 3.52. The van der Waals surface area contributed by atoms with Crippen LogP contribution < -0.4 is 20.7 Å². The monoisotopic (exact) mass is 529 g/mol. The van der Waals surface area contributed by atoms with E-state index in [1.807, 2.05) is 54.1 Å². The van der Waals surface area contributed by atoms with Crippen molar-refractivity contribution >= 4 is 46.0 Å². The number of aryl methyl sites for hydroxylation is 1. The van der Waals surface area contributed by atoms with Gasteiger partial charge in [-0.1, -0.05) is 23.7 Å². The highest BCUT2D eigenvalue weighted by molar-refractivity contribution is 6.30. The van der Waals surface area contributed by atoms with Crippen molar-refractivity contribution in [3.63, 3.8) is 0 Å². The third-order valence-corrected chi connectivity index (χ3v) is 6.32. The summed E-state index contributed by atoms with van der Waals surface area (Å²) in [6.07, 6.45) is 6.57. The molecule has 0 saturated heterocycles. The Hall–Kier alpha value is -4.64. The smallest absolute Gasteiger partial charge is 0.321 e. The molecule has 0 atom stereocenters. The number of hydrogen-bond donors (Lipinski definition) is 4. The van der Waals surface area contributed by atoms with Crippen LogP contribution in [-0.4, -0.2) is 41.7 Å². The molecule has 11 nitrogen and oxygen atoms in total. The summed E-state index contributed by atoms with van der Waals surface area (Å²) in [5, 5.41) is 17.0. The molecule has 1 fully saturated rings. The summed E-state index contributed by atoms with van der Waals surface area (Å²) in [4.78, 5) is 25.3. The molecular weight excluding hydrogens is 506 g/mol. The molecule has 0 radical (unpaired) electrons. The summed E-state index contributed by atoms with van der Waals surface area (Å²) in [6.45, 7) is 0.577. The van der Waals surface area contributed by atoms with Gasteiger partial charge >= 0.3 is 6.01 Å². The van der Waals surface area contributed by atoms with Gasteiger partial charge in [-0.15, -0.1) is 0 Å². The lowest BCUT2D eigenvalue weighted by Crippen LogP contribution is -2.25. The van der Waals surface area contributed by atoms with Crippen LogP contribution in [0.3, 0.4) is 0 Å². The minimum Gasteiger partial charge on any atom is -0.424 e. The highest BCUT2D eigenvalue weighted by atomic mass is 35.5. The van der Waals surface area contributed by atoms with Gasteiger partial charge in [0.1, 0.15) is 17.1 Å². The molecule has 38 heavy (non-hydrogen) atoms. The number of aromatic nitrogens is 6. The second-order valence-electron chi connectivity index (χ2n) is 9.01. The molecule has 6 rings (SSSR count). The molecule has 12 heteroatoms. The number of rotatable bonds is 9. The van der Waals surface area contributed by atoms with Crippen molar-refractivity contribution < 1.29 is 9.53 Å². The Morgan fingerprint density at radius 1 is 1.13 bits per heavy atom. The molecule has 1 aliphatic carbocycles. The summed E-state index contributed by atoms with van der Waals surface area (Å²) < 4.78 is 7.64. The Bertz CT molecular complexity index is 1590. The molecule has 5 aromatic rings. The van der Waals surface area contributed by atoms with E-state index in [9.17, 15) is 4.79 Å². The first-order valence-electron chi connectivity index (χ1n) is 12.1.